The second kappa shape index (κ2) is 6.85. The van der Waals surface area contributed by atoms with Gasteiger partial charge >= 0.3 is 0 Å². The van der Waals surface area contributed by atoms with Crippen LogP contribution in [0.25, 0.3) is 0 Å². The lowest BCUT2D eigenvalue weighted by Crippen LogP contribution is -2.55. The van der Waals surface area contributed by atoms with E-state index in [0.717, 1.165) is 28.6 Å². The van der Waals surface area contributed by atoms with E-state index in [-0.39, 0.29) is 22.9 Å². The van der Waals surface area contributed by atoms with Crippen LogP contribution in [0.1, 0.15) is 12.8 Å². The molecule has 0 saturated heterocycles. The van der Waals surface area contributed by atoms with Gasteiger partial charge in [-0.1, -0.05) is 0 Å². The third-order valence-electron chi connectivity index (χ3n) is 5.01. The fourth-order valence-corrected chi connectivity index (χ4v) is 6.54. The minimum absolute atomic E-state index is 0.147. The van der Waals surface area contributed by atoms with Crippen LogP contribution in [0.3, 0.4) is 0 Å². The third kappa shape index (κ3) is 3.53. The molecule has 4 rings (SSSR count). The Balaban J connectivity index is 1.77. The number of nitrogens with two attached hydrogens (primary N) is 2. The average Bonchev–Trinajstić information content (AvgIpc) is 3.52. The number of hydrogen-bond donors (Lipinski definition) is 2. The van der Waals surface area contributed by atoms with E-state index in [1.165, 1.54) is 18.2 Å². The molecule has 0 amide bonds. The van der Waals surface area contributed by atoms with Crippen LogP contribution < -0.4 is 20.5 Å². The molecule has 1 unspecified atom stereocenters. The first-order valence-electron chi connectivity index (χ1n) is 8.93. The summed E-state index contributed by atoms with van der Waals surface area (Å²) in [4.78, 5) is -0.147. The highest BCUT2D eigenvalue weighted by Crippen LogP contribution is 2.40. The van der Waals surface area contributed by atoms with Gasteiger partial charge in [0.15, 0.2) is 9.84 Å². The van der Waals surface area contributed by atoms with E-state index in [1.807, 2.05) is 0 Å². The van der Waals surface area contributed by atoms with Gasteiger partial charge in [0.1, 0.15) is 23.0 Å². The van der Waals surface area contributed by atoms with E-state index < -0.39 is 42.4 Å². The Hall–Kier alpha value is -2.37. The molecule has 1 fully saturated rings. The highest BCUT2D eigenvalue weighted by molar-refractivity contribution is 7.93. The highest BCUT2D eigenvalue weighted by atomic mass is 32.2. The minimum atomic E-state index is -4.14. The first-order valence-corrected chi connectivity index (χ1v) is 12.0. The molecule has 1 aliphatic carbocycles. The average molecular weight is 442 g/mol. The molecule has 2 aromatic carbocycles. The summed E-state index contributed by atoms with van der Waals surface area (Å²) in [6.45, 7) is -0.316. The third-order valence-corrected chi connectivity index (χ3v) is 9.27. The predicted molar refractivity (Wildman–Crippen MR) is 106 cm³/mol. The summed E-state index contributed by atoms with van der Waals surface area (Å²) in [6, 6.07) is 8.77. The molecule has 0 bridgehead atoms. The minimum Gasteiger partial charge on any atom is -0.484 e. The molecule has 8 nitrogen and oxygen atoms in total. The molecule has 1 saturated carbocycles. The maximum Gasteiger partial charge on any atom is 0.264 e. The van der Waals surface area contributed by atoms with Gasteiger partial charge in [0.25, 0.3) is 10.0 Å². The van der Waals surface area contributed by atoms with E-state index in [2.05, 4.69) is 0 Å². The van der Waals surface area contributed by atoms with Crippen molar-refractivity contribution < 1.29 is 26.0 Å². The number of fused-ring (bicyclic) bond motifs is 1. The zero-order chi connectivity index (χ0) is 21.0. The fraction of sp³-hybridized carbons (Fsp3) is 0.333. The van der Waals surface area contributed by atoms with E-state index >= 15 is 0 Å². The summed E-state index contributed by atoms with van der Waals surface area (Å²) in [7, 11) is -7.80. The summed E-state index contributed by atoms with van der Waals surface area (Å²) in [5, 5.41) is -1.90. The van der Waals surface area contributed by atoms with Crippen molar-refractivity contribution in [1.82, 2.24) is 0 Å². The number of nitrogens with zero attached hydrogens (tertiary/aromatic N) is 1. The van der Waals surface area contributed by atoms with Crippen molar-refractivity contribution in [3.8, 4) is 5.75 Å². The van der Waals surface area contributed by atoms with Crippen molar-refractivity contribution in [1.29, 1.82) is 0 Å². The van der Waals surface area contributed by atoms with E-state index in [1.54, 1.807) is 0 Å². The summed E-state index contributed by atoms with van der Waals surface area (Å²) >= 11 is 0. The SMILES string of the molecule is Nc1ccc2c(c1)N(S(=O)(=O)c1ccc(F)cc1)C[C@@H](C(N)S(=O)(=O)C1CC1)O2. The van der Waals surface area contributed by atoms with Gasteiger partial charge in [-0.2, -0.15) is 0 Å². The van der Waals surface area contributed by atoms with Crippen molar-refractivity contribution in [3.05, 3.63) is 48.3 Å². The molecule has 0 aromatic heterocycles. The largest absolute Gasteiger partial charge is 0.484 e. The van der Waals surface area contributed by atoms with Crippen molar-refractivity contribution in [3.63, 3.8) is 0 Å². The number of nitrogen functional groups attached to an aromatic ring is 1. The van der Waals surface area contributed by atoms with E-state index in [0.29, 0.717) is 18.5 Å². The monoisotopic (exact) mass is 441 g/mol. The van der Waals surface area contributed by atoms with Gasteiger partial charge in [0.2, 0.25) is 0 Å². The normalized spacial score (nSPS) is 20.6. The van der Waals surface area contributed by atoms with Crippen LogP contribution in [0.5, 0.6) is 5.75 Å². The molecule has 1 aliphatic heterocycles. The van der Waals surface area contributed by atoms with Gasteiger partial charge in [-0.25, -0.2) is 21.2 Å². The van der Waals surface area contributed by atoms with Crippen LogP contribution in [-0.4, -0.2) is 40.1 Å². The molecule has 2 atom stereocenters. The quantitative estimate of drug-likeness (QED) is 0.667. The van der Waals surface area contributed by atoms with Crippen molar-refractivity contribution in [2.45, 2.75) is 34.5 Å². The summed E-state index contributed by atoms with van der Waals surface area (Å²) in [5.74, 6) is -0.423. The number of sulfonamides is 1. The topological polar surface area (TPSA) is 133 Å². The molecule has 4 N–H and O–H groups in total. The van der Waals surface area contributed by atoms with Crippen LogP contribution >= 0.6 is 0 Å². The number of anilines is 2. The van der Waals surface area contributed by atoms with Gasteiger partial charge in [-0.3, -0.25) is 4.31 Å². The zero-order valence-electron chi connectivity index (χ0n) is 15.2. The number of halogens is 1. The summed E-state index contributed by atoms with van der Waals surface area (Å²) < 4.78 is 71.7. The van der Waals surface area contributed by atoms with E-state index in [4.69, 9.17) is 16.2 Å². The smallest absolute Gasteiger partial charge is 0.264 e. The fourth-order valence-electron chi connectivity index (χ4n) is 3.25. The van der Waals surface area contributed by atoms with Crippen LogP contribution in [0.15, 0.2) is 47.4 Å². The molecule has 29 heavy (non-hydrogen) atoms. The maximum atomic E-state index is 13.3. The lowest BCUT2D eigenvalue weighted by atomic mass is 10.2. The Morgan fingerprint density at radius 2 is 1.72 bits per heavy atom. The van der Waals surface area contributed by atoms with Gasteiger partial charge in [-0.05, 0) is 55.3 Å². The molecule has 156 valence electrons. The number of rotatable bonds is 5. The molecule has 0 spiro atoms. The standard InChI is InChI=1S/C18H20FN3O5S2/c19-11-1-4-14(5-2-11)29(25,26)22-10-17(18(21)28(23,24)13-6-7-13)27-16-8-3-12(20)9-15(16)22/h1-5,8-9,13,17-18H,6-7,10,20-21H2/t17-,18?/m0/s1. The second-order valence-corrected chi connectivity index (χ2v) is 11.4. The van der Waals surface area contributed by atoms with Crippen LogP contribution in [0.4, 0.5) is 15.8 Å². The van der Waals surface area contributed by atoms with Gasteiger partial charge in [0, 0.05) is 5.69 Å². The molecule has 2 aliphatic rings. The van der Waals surface area contributed by atoms with Crippen molar-refractivity contribution in [2.75, 3.05) is 16.6 Å². The maximum absolute atomic E-state index is 13.3. The molecular weight excluding hydrogens is 421 g/mol. The van der Waals surface area contributed by atoms with Crippen LogP contribution in [0.2, 0.25) is 0 Å². The Kier molecular flexibility index (Phi) is 4.71. The summed E-state index contributed by atoms with van der Waals surface area (Å²) in [6.07, 6.45) is -0.0343. The lowest BCUT2D eigenvalue weighted by Gasteiger charge is -2.37. The second-order valence-electron chi connectivity index (χ2n) is 7.13. The Morgan fingerprint density at radius 3 is 2.34 bits per heavy atom. The highest BCUT2D eigenvalue weighted by Gasteiger charge is 2.46. The number of benzene rings is 2. The van der Waals surface area contributed by atoms with Gasteiger partial charge < -0.3 is 16.2 Å². The van der Waals surface area contributed by atoms with Gasteiger partial charge in [-0.15, -0.1) is 0 Å². The Bertz CT molecular complexity index is 1150. The van der Waals surface area contributed by atoms with Crippen molar-refractivity contribution in [2.24, 2.45) is 5.73 Å². The van der Waals surface area contributed by atoms with E-state index in [9.17, 15) is 21.2 Å². The lowest BCUT2D eigenvalue weighted by molar-refractivity contribution is 0.194. The molecule has 2 aromatic rings. The molecule has 0 radical (unpaired) electrons. The Labute approximate surface area is 168 Å². The number of hydrogen-bond acceptors (Lipinski definition) is 7. The number of sulfone groups is 1. The summed E-state index contributed by atoms with van der Waals surface area (Å²) in [5.41, 5.74) is 12.3. The van der Waals surface area contributed by atoms with Crippen LogP contribution in [-0.2, 0) is 19.9 Å². The molecule has 11 heteroatoms. The molecule has 1 heterocycles. The molecular formula is C18H20FN3O5S2. The van der Waals surface area contributed by atoms with Crippen LogP contribution in [0, 0.1) is 5.82 Å². The number of ether oxygens (including phenoxy) is 1. The van der Waals surface area contributed by atoms with Crippen molar-refractivity contribution >= 4 is 31.2 Å². The zero-order valence-corrected chi connectivity index (χ0v) is 16.9. The van der Waals surface area contributed by atoms with Gasteiger partial charge in [0.05, 0.1) is 22.4 Å². The Morgan fingerprint density at radius 1 is 1.07 bits per heavy atom. The predicted octanol–water partition coefficient (Wildman–Crippen LogP) is 1.23. The first-order chi connectivity index (χ1) is 13.6. The first kappa shape index (κ1) is 19.9.